The summed E-state index contributed by atoms with van der Waals surface area (Å²) in [7, 11) is -3.10. The highest BCUT2D eigenvalue weighted by atomic mass is 79.9. The smallest absolute Gasteiger partial charge is 0.211 e. The van der Waals surface area contributed by atoms with Crippen LogP contribution < -0.4 is 5.73 Å². The van der Waals surface area contributed by atoms with Gasteiger partial charge in [-0.2, -0.15) is 0 Å². The summed E-state index contributed by atoms with van der Waals surface area (Å²) in [5.74, 6) is 0.304. The van der Waals surface area contributed by atoms with Gasteiger partial charge in [-0.3, -0.25) is 0 Å². The molecule has 1 aromatic rings. The molecule has 1 fully saturated rings. The van der Waals surface area contributed by atoms with Crippen molar-refractivity contribution in [2.45, 2.75) is 25.3 Å². The first-order valence-electron chi connectivity index (χ1n) is 6.93. The van der Waals surface area contributed by atoms with E-state index in [2.05, 4.69) is 15.9 Å². The van der Waals surface area contributed by atoms with Crippen molar-refractivity contribution in [3.63, 3.8) is 0 Å². The summed E-state index contributed by atoms with van der Waals surface area (Å²) in [4.78, 5) is 0. The molecular formula is C14H20BrClN2O2S. The Balaban J connectivity index is 2.02. The van der Waals surface area contributed by atoms with Gasteiger partial charge in [-0.05, 0) is 58.8 Å². The molecule has 118 valence electrons. The number of sulfonamides is 1. The molecule has 7 heteroatoms. The average Bonchev–Trinajstić information content (AvgIpc) is 2.41. The minimum atomic E-state index is -3.10. The van der Waals surface area contributed by atoms with E-state index in [9.17, 15) is 8.42 Å². The first kappa shape index (κ1) is 17.2. The van der Waals surface area contributed by atoms with Gasteiger partial charge in [-0.1, -0.05) is 17.7 Å². The van der Waals surface area contributed by atoms with Gasteiger partial charge in [-0.25, -0.2) is 12.7 Å². The Hall–Kier alpha value is -0.140. The number of piperidine rings is 1. The summed E-state index contributed by atoms with van der Waals surface area (Å²) in [6.45, 7) is 1.19. The molecule has 1 saturated heterocycles. The van der Waals surface area contributed by atoms with Gasteiger partial charge in [0, 0.05) is 23.6 Å². The number of hydrogen-bond donors (Lipinski definition) is 1. The molecule has 0 saturated carbocycles. The van der Waals surface area contributed by atoms with Gasteiger partial charge in [0.25, 0.3) is 0 Å². The first-order chi connectivity index (χ1) is 9.77. The van der Waals surface area contributed by atoms with Gasteiger partial charge in [0.05, 0.1) is 11.3 Å². The molecule has 2 N–H and O–H groups in total. The number of hydrogen-bond acceptors (Lipinski definition) is 3. The van der Waals surface area contributed by atoms with Crippen LogP contribution in [0.4, 0.5) is 0 Å². The van der Waals surface area contributed by atoms with E-state index in [0.717, 1.165) is 29.3 Å². The van der Waals surface area contributed by atoms with E-state index in [1.54, 1.807) is 4.31 Å². The van der Waals surface area contributed by atoms with Gasteiger partial charge in [0.2, 0.25) is 10.0 Å². The third kappa shape index (κ3) is 4.66. The van der Waals surface area contributed by atoms with Crippen LogP contribution in [0.1, 0.15) is 30.9 Å². The van der Waals surface area contributed by atoms with Crippen LogP contribution in [0.25, 0.3) is 0 Å². The molecule has 21 heavy (non-hydrogen) atoms. The second-order valence-corrected chi connectivity index (χ2v) is 8.89. The van der Waals surface area contributed by atoms with E-state index in [4.69, 9.17) is 17.3 Å². The molecule has 0 amide bonds. The Bertz CT molecular complexity index is 609. The summed E-state index contributed by atoms with van der Waals surface area (Å²) in [6.07, 6.45) is 3.97. The lowest BCUT2D eigenvalue weighted by Gasteiger charge is -2.32. The minimum absolute atomic E-state index is 0.108. The lowest BCUT2D eigenvalue weighted by molar-refractivity contribution is 0.247. The predicted octanol–water partition coefficient (Wildman–Crippen LogP) is 3.16. The SMILES string of the molecule is CS(=O)(=O)N1CCCC(CC(N)c2ccc(Cl)c(Br)c2)C1. The van der Waals surface area contributed by atoms with Gasteiger partial charge >= 0.3 is 0 Å². The van der Waals surface area contributed by atoms with E-state index in [1.165, 1.54) is 6.26 Å². The van der Waals surface area contributed by atoms with Crippen LogP contribution >= 0.6 is 27.5 Å². The fraction of sp³-hybridized carbons (Fsp3) is 0.571. The fourth-order valence-electron chi connectivity index (χ4n) is 2.76. The maximum Gasteiger partial charge on any atom is 0.211 e. The molecule has 0 aromatic heterocycles. The van der Waals surface area contributed by atoms with Crippen molar-refractivity contribution in [1.82, 2.24) is 4.31 Å². The predicted molar refractivity (Wildman–Crippen MR) is 89.8 cm³/mol. The second kappa shape index (κ2) is 6.96. The Morgan fingerprint density at radius 3 is 2.86 bits per heavy atom. The Morgan fingerprint density at radius 1 is 1.52 bits per heavy atom. The number of halogens is 2. The summed E-state index contributed by atoms with van der Waals surface area (Å²) < 4.78 is 25.7. The molecular weight excluding hydrogens is 376 g/mol. The van der Waals surface area contributed by atoms with Crippen molar-refractivity contribution in [3.05, 3.63) is 33.3 Å². The van der Waals surface area contributed by atoms with Crippen LogP contribution in [-0.2, 0) is 10.0 Å². The number of nitrogens with zero attached hydrogens (tertiary/aromatic N) is 1. The molecule has 2 unspecified atom stereocenters. The monoisotopic (exact) mass is 394 g/mol. The van der Waals surface area contributed by atoms with Crippen LogP contribution in [0.3, 0.4) is 0 Å². The molecule has 2 rings (SSSR count). The molecule has 1 aliphatic heterocycles. The molecule has 0 spiro atoms. The van der Waals surface area contributed by atoms with Crippen molar-refractivity contribution >= 4 is 37.6 Å². The standard InChI is InChI=1S/C14H20BrClN2O2S/c1-21(19,20)18-6-2-3-10(9-18)7-14(17)11-4-5-13(16)12(15)8-11/h4-5,8,10,14H,2-3,6-7,9,17H2,1H3. The summed E-state index contributed by atoms with van der Waals surface area (Å²) >= 11 is 9.39. The van der Waals surface area contributed by atoms with Crippen LogP contribution in [-0.4, -0.2) is 32.1 Å². The van der Waals surface area contributed by atoms with Crippen LogP contribution in [0, 0.1) is 5.92 Å². The fourth-order valence-corrected chi connectivity index (χ4v) is 4.22. The number of benzene rings is 1. The van der Waals surface area contributed by atoms with Crippen molar-refractivity contribution < 1.29 is 8.42 Å². The van der Waals surface area contributed by atoms with Gasteiger partial charge in [0.1, 0.15) is 0 Å². The lowest BCUT2D eigenvalue weighted by atomic mass is 9.90. The van der Waals surface area contributed by atoms with E-state index < -0.39 is 10.0 Å². The summed E-state index contributed by atoms with van der Waals surface area (Å²) in [5, 5.41) is 0.659. The molecule has 1 aromatic carbocycles. The zero-order chi connectivity index (χ0) is 15.6. The Labute approximate surface area is 139 Å². The van der Waals surface area contributed by atoms with Gasteiger partial charge < -0.3 is 5.73 Å². The molecule has 0 aliphatic carbocycles. The van der Waals surface area contributed by atoms with Gasteiger partial charge in [0.15, 0.2) is 0 Å². The molecule has 1 aliphatic rings. The van der Waals surface area contributed by atoms with E-state index in [1.807, 2.05) is 18.2 Å². The van der Waals surface area contributed by atoms with Crippen LogP contribution in [0.15, 0.2) is 22.7 Å². The van der Waals surface area contributed by atoms with E-state index >= 15 is 0 Å². The van der Waals surface area contributed by atoms with Crippen molar-refractivity contribution in [1.29, 1.82) is 0 Å². The molecule has 1 heterocycles. The van der Waals surface area contributed by atoms with E-state index in [-0.39, 0.29) is 6.04 Å². The minimum Gasteiger partial charge on any atom is -0.324 e. The zero-order valence-corrected chi connectivity index (χ0v) is 15.1. The van der Waals surface area contributed by atoms with Crippen molar-refractivity contribution in [2.24, 2.45) is 11.7 Å². The largest absolute Gasteiger partial charge is 0.324 e. The van der Waals surface area contributed by atoms with E-state index in [0.29, 0.717) is 24.0 Å². The second-order valence-electron chi connectivity index (χ2n) is 5.65. The molecule has 0 radical (unpaired) electrons. The zero-order valence-electron chi connectivity index (χ0n) is 11.9. The topological polar surface area (TPSA) is 63.4 Å². The Kier molecular flexibility index (Phi) is 5.71. The maximum absolute atomic E-state index is 11.6. The quantitative estimate of drug-likeness (QED) is 0.851. The third-order valence-electron chi connectivity index (χ3n) is 3.91. The summed E-state index contributed by atoms with van der Waals surface area (Å²) in [6, 6.07) is 5.58. The van der Waals surface area contributed by atoms with Crippen LogP contribution in [0.5, 0.6) is 0 Å². The number of rotatable bonds is 4. The molecule has 0 bridgehead atoms. The van der Waals surface area contributed by atoms with Crippen LogP contribution in [0.2, 0.25) is 5.02 Å². The Morgan fingerprint density at radius 2 is 2.24 bits per heavy atom. The maximum atomic E-state index is 11.6. The average molecular weight is 396 g/mol. The van der Waals surface area contributed by atoms with Crippen molar-refractivity contribution in [3.8, 4) is 0 Å². The first-order valence-corrected chi connectivity index (χ1v) is 9.95. The van der Waals surface area contributed by atoms with Gasteiger partial charge in [-0.15, -0.1) is 0 Å². The highest BCUT2D eigenvalue weighted by molar-refractivity contribution is 9.10. The normalized spacial score (nSPS) is 22.2. The van der Waals surface area contributed by atoms with Crippen molar-refractivity contribution in [2.75, 3.05) is 19.3 Å². The molecule has 4 nitrogen and oxygen atoms in total. The number of nitrogens with two attached hydrogens (primary N) is 1. The molecule has 2 atom stereocenters. The highest BCUT2D eigenvalue weighted by Gasteiger charge is 2.27. The lowest BCUT2D eigenvalue weighted by Crippen LogP contribution is -2.40. The highest BCUT2D eigenvalue weighted by Crippen LogP contribution is 2.30. The summed E-state index contributed by atoms with van der Waals surface area (Å²) in [5.41, 5.74) is 7.28. The third-order valence-corrected chi connectivity index (χ3v) is 6.39.